The zero-order valence-electron chi connectivity index (χ0n) is 8.83. The molecule has 2 unspecified atom stereocenters. The molecule has 2 fully saturated rings. The lowest BCUT2D eigenvalue weighted by Crippen LogP contribution is -2.50. The maximum Gasteiger partial charge on any atom is 0.238 e. The SMILES string of the molecule is O=C(NCC1CCCO1)C1CSCCN1. The molecule has 2 saturated heterocycles. The average Bonchev–Trinajstić information content (AvgIpc) is 2.80. The van der Waals surface area contributed by atoms with Crippen molar-refractivity contribution in [1.82, 2.24) is 10.6 Å². The summed E-state index contributed by atoms with van der Waals surface area (Å²) in [5, 5.41) is 6.18. The number of amides is 1. The van der Waals surface area contributed by atoms with Crippen molar-refractivity contribution in [3.05, 3.63) is 0 Å². The zero-order chi connectivity index (χ0) is 10.5. The van der Waals surface area contributed by atoms with Crippen molar-refractivity contribution in [2.24, 2.45) is 0 Å². The van der Waals surface area contributed by atoms with Gasteiger partial charge in [-0.3, -0.25) is 4.79 Å². The Morgan fingerprint density at radius 3 is 3.20 bits per heavy atom. The highest BCUT2D eigenvalue weighted by molar-refractivity contribution is 7.99. The maximum absolute atomic E-state index is 11.7. The largest absolute Gasteiger partial charge is 0.376 e. The number of thioether (sulfide) groups is 1. The van der Waals surface area contributed by atoms with Gasteiger partial charge in [0.1, 0.15) is 0 Å². The van der Waals surface area contributed by atoms with Crippen LogP contribution in [0.25, 0.3) is 0 Å². The lowest BCUT2D eigenvalue weighted by molar-refractivity contribution is -0.123. The Bertz CT molecular complexity index is 213. The molecule has 2 N–H and O–H groups in total. The van der Waals surface area contributed by atoms with Crippen LogP contribution in [0.2, 0.25) is 0 Å². The van der Waals surface area contributed by atoms with E-state index in [4.69, 9.17) is 4.74 Å². The Hall–Kier alpha value is -0.260. The van der Waals surface area contributed by atoms with Gasteiger partial charge in [0.05, 0.1) is 12.1 Å². The molecule has 2 rings (SSSR count). The molecule has 2 aliphatic rings. The molecule has 2 aliphatic heterocycles. The monoisotopic (exact) mass is 230 g/mol. The van der Waals surface area contributed by atoms with Crippen molar-refractivity contribution in [1.29, 1.82) is 0 Å². The summed E-state index contributed by atoms with van der Waals surface area (Å²) in [5.41, 5.74) is 0. The summed E-state index contributed by atoms with van der Waals surface area (Å²) in [5.74, 6) is 2.12. The quantitative estimate of drug-likeness (QED) is 0.716. The summed E-state index contributed by atoms with van der Waals surface area (Å²) in [6, 6.07) is -0.00912. The number of nitrogens with one attached hydrogen (secondary N) is 2. The van der Waals surface area contributed by atoms with E-state index in [1.807, 2.05) is 11.8 Å². The number of hydrogen-bond donors (Lipinski definition) is 2. The fourth-order valence-corrected chi connectivity index (χ4v) is 2.81. The van der Waals surface area contributed by atoms with Gasteiger partial charge in [-0.1, -0.05) is 0 Å². The van der Waals surface area contributed by atoms with Crippen LogP contribution in [0.15, 0.2) is 0 Å². The van der Waals surface area contributed by atoms with Crippen molar-refractivity contribution in [3.63, 3.8) is 0 Å². The van der Waals surface area contributed by atoms with E-state index in [2.05, 4.69) is 10.6 Å². The van der Waals surface area contributed by atoms with E-state index >= 15 is 0 Å². The first-order chi connectivity index (χ1) is 7.36. The molecule has 2 heterocycles. The van der Waals surface area contributed by atoms with E-state index in [1.54, 1.807) is 0 Å². The third kappa shape index (κ3) is 3.36. The molecule has 0 saturated carbocycles. The molecular weight excluding hydrogens is 212 g/mol. The fourth-order valence-electron chi connectivity index (χ4n) is 1.88. The third-order valence-corrected chi connectivity index (χ3v) is 3.83. The lowest BCUT2D eigenvalue weighted by atomic mass is 10.2. The molecule has 2 atom stereocenters. The Kier molecular flexibility index (Phi) is 4.29. The molecule has 15 heavy (non-hydrogen) atoms. The molecule has 0 spiro atoms. The normalized spacial score (nSPS) is 31.5. The molecule has 0 aromatic carbocycles. The number of carbonyl (C=O) groups is 1. The summed E-state index contributed by atoms with van der Waals surface area (Å²) >= 11 is 1.83. The van der Waals surface area contributed by atoms with Crippen molar-refractivity contribution in [3.8, 4) is 0 Å². The Morgan fingerprint density at radius 1 is 1.60 bits per heavy atom. The Balaban J connectivity index is 1.66. The van der Waals surface area contributed by atoms with E-state index in [0.29, 0.717) is 6.54 Å². The molecule has 4 nitrogen and oxygen atoms in total. The lowest BCUT2D eigenvalue weighted by Gasteiger charge is -2.22. The van der Waals surface area contributed by atoms with Crippen molar-refractivity contribution < 1.29 is 9.53 Å². The second kappa shape index (κ2) is 5.72. The number of rotatable bonds is 3. The van der Waals surface area contributed by atoms with Gasteiger partial charge in [-0.15, -0.1) is 0 Å². The molecule has 0 aromatic rings. The van der Waals surface area contributed by atoms with Crippen LogP contribution in [0.5, 0.6) is 0 Å². The predicted molar refractivity (Wildman–Crippen MR) is 61.1 cm³/mol. The van der Waals surface area contributed by atoms with Gasteiger partial charge in [0, 0.05) is 31.2 Å². The van der Waals surface area contributed by atoms with Crippen LogP contribution in [0, 0.1) is 0 Å². The van der Waals surface area contributed by atoms with E-state index in [0.717, 1.165) is 37.5 Å². The van der Waals surface area contributed by atoms with Gasteiger partial charge >= 0.3 is 0 Å². The molecule has 0 aliphatic carbocycles. The summed E-state index contributed by atoms with van der Waals surface area (Å²) in [7, 11) is 0. The van der Waals surface area contributed by atoms with Gasteiger partial charge in [-0.25, -0.2) is 0 Å². The number of hydrogen-bond acceptors (Lipinski definition) is 4. The van der Waals surface area contributed by atoms with E-state index in [9.17, 15) is 4.79 Å². The summed E-state index contributed by atoms with van der Waals surface area (Å²) in [4.78, 5) is 11.7. The molecule has 86 valence electrons. The second-order valence-electron chi connectivity index (χ2n) is 3.96. The standard InChI is InChI=1S/C10H18N2O2S/c13-10(9-7-15-5-3-11-9)12-6-8-2-1-4-14-8/h8-9,11H,1-7H2,(H,12,13). The molecule has 1 amide bonds. The van der Waals surface area contributed by atoms with Crippen molar-refractivity contribution in [2.75, 3.05) is 31.2 Å². The second-order valence-corrected chi connectivity index (χ2v) is 5.11. The first kappa shape index (κ1) is 11.2. The van der Waals surface area contributed by atoms with Crippen LogP contribution >= 0.6 is 11.8 Å². The Morgan fingerprint density at radius 2 is 2.53 bits per heavy atom. The minimum absolute atomic E-state index is 0.00912. The summed E-state index contributed by atoms with van der Waals surface area (Å²) in [6.07, 6.45) is 2.44. The van der Waals surface area contributed by atoms with Crippen LogP contribution < -0.4 is 10.6 Å². The van der Waals surface area contributed by atoms with Crippen LogP contribution in [-0.4, -0.2) is 49.3 Å². The van der Waals surface area contributed by atoms with E-state index in [1.165, 1.54) is 0 Å². The van der Waals surface area contributed by atoms with Crippen LogP contribution in [-0.2, 0) is 9.53 Å². The Labute approximate surface area is 94.5 Å². The van der Waals surface area contributed by atoms with E-state index < -0.39 is 0 Å². The highest BCUT2D eigenvalue weighted by Gasteiger charge is 2.22. The van der Waals surface area contributed by atoms with Gasteiger partial charge in [0.15, 0.2) is 0 Å². The highest BCUT2D eigenvalue weighted by Crippen LogP contribution is 2.11. The van der Waals surface area contributed by atoms with Gasteiger partial charge < -0.3 is 15.4 Å². The first-order valence-corrected chi connectivity index (χ1v) is 6.72. The summed E-state index contributed by atoms with van der Waals surface area (Å²) in [6.45, 7) is 2.45. The summed E-state index contributed by atoms with van der Waals surface area (Å²) < 4.78 is 5.45. The minimum atomic E-state index is -0.00912. The van der Waals surface area contributed by atoms with Crippen molar-refractivity contribution in [2.45, 2.75) is 25.0 Å². The topological polar surface area (TPSA) is 50.4 Å². The van der Waals surface area contributed by atoms with Crippen LogP contribution in [0.3, 0.4) is 0 Å². The fraction of sp³-hybridized carbons (Fsp3) is 0.900. The van der Waals surface area contributed by atoms with Crippen LogP contribution in [0.4, 0.5) is 0 Å². The third-order valence-electron chi connectivity index (χ3n) is 2.77. The van der Waals surface area contributed by atoms with Crippen molar-refractivity contribution >= 4 is 17.7 Å². The molecule has 0 bridgehead atoms. The highest BCUT2D eigenvalue weighted by atomic mass is 32.2. The number of carbonyl (C=O) groups excluding carboxylic acids is 1. The molecular formula is C10H18N2O2S. The van der Waals surface area contributed by atoms with Gasteiger partial charge in [0.2, 0.25) is 5.91 Å². The zero-order valence-corrected chi connectivity index (χ0v) is 9.65. The van der Waals surface area contributed by atoms with E-state index in [-0.39, 0.29) is 18.1 Å². The maximum atomic E-state index is 11.7. The predicted octanol–water partition coefficient (Wildman–Crippen LogP) is -0.0134. The van der Waals surface area contributed by atoms with Gasteiger partial charge in [0.25, 0.3) is 0 Å². The average molecular weight is 230 g/mol. The molecule has 0 aromatic heterocycles. The molecule has 0 radical (unpaired) electrons. The first-order valence-electron chi connectivity index (χ1n) is 5.57. The smallest absolute Gasteiger partial charge is 0.238 e. The minimum Gasteiger partial charge on any atom is -0.376 e. The number of ether oxygens (including phenoxy) is 1. The molecule has 5 heteroatoms. The van der Waals surface area contributed by atoms with Gasteiger partial charge in [-0.05, 0) is 12.8 Å². The van der Waals surface area contributed by atoms with Gasteiger partial charge in [-0.2, -0.15) is 11.8 Å². The van der Waals surface area contributed by atoms with Crippen LogP contribution in [0.1, 0.15) is 12.8 Å².